The van der Waals surface area contributed by atoms with Crippen LogP contribution < -0.4 is 10.2 Å². The summed E-state index contributed by atoms with van der Waals surface area (Å²) in [5.41, 5.74) is 2.86. The molecule has 0 bridgehead atoms. The number of rotatable bonds is 5. The quantitative estimate of drug-likeness (QED) is 0.527. The summed E-state index contributed by atoms with van der Waals surface area (Å²) in [6.07, 6.45) is -4.49. The van der Waals surface area contributed by atoms with Crippen molar-refractivity contribution >= 4 is 29.1 Å². The maximum Gasteiger partial charge on any atom is 0.416 e. The van der Waals surface area contributed by atoms with Crippen molar-refractivity contribution in [2.75, 3.05) is 33.4 Å². The smallest absolute Gasteiger partial charge is 0.416 e. The third kappa shape index (κ3) is 5.00. The molecule has 0 saturated carbocycles. The van der Waals surface area contributed by atoms with Crippen LogP contribution in [0.2, 0.25) is 10.0 Å². The van der Waals surface area contributed by atoms with Gasteiger partial charge in [0.15, 0.2) is 11.4 Å². The van der Waals surface area contributed by atoms with Crippen molar-refractivity contribution in [3.05, 3.63) is 63.8 Å². The first-order chi connectivity index (χ1) is 16.2. The van der Waals surface area contributed by atoms with Gasteiger partial charge in [0.25, 0.3) is 5.91 Å². The summed E-state index contributed by atoms with van der Waals surface area (Å²) in [5.74, 6) is -0.465. The molecule has 2 heterocycles. The molecule has 1 aliphatic heterocycles. The van der Waals surface area contributed by atoms with Gasteiger partial charge in [-0.15, -0.1) is 0 Å². The van der Waals surface area contributed by atoms with E-state index in [-0.39, 0.29) is 22.2 Å². The van der Waals surface area contributed by atoms with Gasteiger partial charge >= 0.3 is 6.18 Å². The number of nitrogens with one attached hydrogen (secondary N) is 1. The first-order valence-electron chi connectivity index (χ1n) is 10.1. The molecule has 34 heavy (non-hydrogen) atoms. The van der Waals surface area contributed by atoms with E-state index < -0.39 is 17.6 Å². The summed E-state index contributed by atoms with van der Waals surface area (Å²) in [5, 5.41) is 6.73. The Morgan fingerprint density at radius 1 is 1.12 bits per heavy atom. The minimum Gasteiger partial charge on any atom is -0.492 e. The minimum atomic E-state index is -4.49. The van der Waals surface area contributed by atoms with Crippen molar-refractivity contribution in [2.24, 2.45) is 0 Å². The van der Waals surface area contributed by atoms with Crippen molar-refractivity contribution in [1.29, 1.82) is 0 Å². The number of carbonyl (C=O) groups is 1. The fraction of sp³-hybridized carbons (Fsp3) is 0.273. The number of hydrazine groups is 1. The van der Waals surface area contributed by atoms with E-state index in [0.29, 0.717) is 42.6 Å². The van der Waals surface area contributed by atoms with Crippen LogP contribution in [0.1, 0.15) is 16.1 Å². The average molecular weight is 515 g/mol. The topological polar surface area (TPSA) is 68.6 Å². The third-order valence-corrected chi connectivity index (χ3v) is 5.69. The molecule has 0 radical (unpaired) electrons. The highest BCUT2D eigenvalue weighted by Crippen LogP contribution is 2.39. The van der Waals surface area contributed by atoms with E-state index in [1.54, 1.807) is 17.1 Å². The SMILES string of the molecule is COc1c(C(=O)NN2CCOCC2)nn(-c2ccc(Cl)cc2Cl)c1-c1ccc(C(F)(F)F)cc1. The van der Waals surface area contributed by atoms with Crippen molar-refractivity contribution in [2.45, 2.75) is 6.18 Å². The van der Waals surface area contributed by atoms with Crippen molar-refractivity contribution in [3.8, 4) is 22.7 Å². The van der Waals surface area contributed by atoms with E-state index in [9.17, 15) is 18.0 Å². The standard InChI is InChI=1S/C22H19Cl2F3N4O3/c1-33-20-18(21(32)29-30-8-10-34-11-9-30)28-31(17-7-6-15(23)12-16(17)24)19(20)13-2-4-14(5-3-13)22(25,26)27/h2-7,12H,8-11H2,1H3,(H,29,32). The number of nitrogens with zero attached hydrogens (tertiary/aromatic N) is 3. The van der Waals surface area contributed by atoms with Crippen molar-refractivity contribution < 1.29 is 27.4 Å². The summed E-state index contributed by atoms with van der Waals surface area (Å²) < 4.78 is 51.5. The van der Waals surface area contributed by atoms with E-state index >= 15 is 0 Å². The highest BCUT2D eigenvalue weighted by Gasteiger charge is 2.32. The van der Waals surface area contributed by atoms with Gasteiger partial charge in [-0.3, -0.25) is 10.2 Å². The first-order valence-corrected chi connectivity index (χ1v) is 10.9. The Kier molecular flexibility index (Phi) is 7.04. The molecule has 0 atom stereocenters. The molecule has 0 unspecified atom stereocenters. The second-order valence-electron chi connectivity index (χ2n) is 7.35. The van der Waals surface area contributed by atoms with Gasteiger partial charge in [-0.05, 0) is 30.3 Å². The molecular formula is C22H19Cl2F3N4O3. The molecular weight excluding hydrogens is 496 g/mol. The molecule has 12 heteroatoms. The summed E-state index contributed by atoms with van der Waals surface area (Å²) in [6.45, 7) is 1.90. The van der Waals surface area contributed by atoms with Crippen LogP contribution in [-0.4, -0.2) is 54.1 Å². The number of alkyl halides is 3. The molecule has 7 nitrogen and oxygen atoms in total. The summed E-state index contributed by atoms with van der Waals surface area (Å²) in [6, 6.07) is 9.14. The molecule has 1 aromatic heterocycles. The number of aromatic nitrogens is 2. The van der Waals surface area contributed by atoms with Crippen LogP contribution in [-0.2, 0) is 10.9 Å². The number of halogens is 5. The lowest BCUT2D eigenvalue weighted by Crippen LogP contribution is -2.48. The lowest BCUT2D eigenvalue weighted by molar-refractivity contribution is -0.137. The number of ether oxygens (including phenoxy) is 2. The zero-order chi connectivity index (χ0) is 24.5. The molecule has 1 saturated heterocycles. The predicted octanol–water partition coefficient (Wildman–Crippen LogP) is 4.85. The van der Waals surface area contributed by atoms with E-state index in [1.165, 1.54) is 30.0 Å². The molecule has 0 spiro atoms. The van der Waals surface area contributed by atoms with Gasteiger partial charge in [-0.25, -0.2) is 9.69 Å². The Labute approximate surface area is 202 Å². The minimum absolute atomic E-state index is 0.0603. The highest BCUT2D eigenvalue weighted by molar-refractivity contribution is 6.35. The average Bonchev–Trinajstić information content (AvgIpc) is 3.19. The first kappa shape index (κ1) is 24.3. The monoisotopic (exact) mass is 514 g/mol. The Morgan fingerprint density at radius 3 is 2.38 bits per heavy atom. The van der Waals surface area contributed by atoms with E-state index in [1.807, 2.05) is 0 Å². The Bertz CT molecular complexity index is 1190. The Morgan fingerprint density at radius 2 is 1.79 bits per heavy atom. The molecule has 180 valence electrons. The molecule has 1 fully saturated rings. The van der Waals surface area contributed by atoms with E-state index in [0.717, 1.165) is 12.1 Å². The zero-order valence-electron chi connectivity index (χ0n) is 17.8. The van der Waals surface area contributed by atoms with Crippen LogP contribution in [0, 0.1) is 0 Å². The second-order valence-corrected chi connectivity index (χ2v) is 8.20. The van der Waals surface area contributed by atoms with Crippen LogP contribution in [0.3, 0.4) is 0 Å². The molecule has 1 aliphatic rings. The lowest BCUT2D eigenvalue weighted by Gasteiger charge is -2.26. The van der Waals surface area contributed by atoms with Gasteiger partial charge in [0.2, 0.25) is 0 Å². The van der Waals surface area contributed by atoms with Gasteiger partial charge in [0.1, 0.15) is 5.69 Å². The zero-order valence-corrected chi connectivity index (χ0v) is 19.3. The van der Waals surface area contributed by atoms with Crippen LogP contribution in [0.5, 0.6) is 5.75 Å². The van der Waals surface area contributed by atoms with Crippen LogP contribution in [0.4, 0.5) is 13.2 Å². The fourth-order valence-corrected chi connectivity index (χ4v) is 4.00. The number of methoxy groups -OCH3 is 1. The van der Waals surface area contributed by atoms with Crippen LogP contribution in [0.25, 0.3) is 16.9 Å². The fourth-order valence-electron chi connectivity index (χ4n) is 3.52. The Hall–Kier alpha value is -2.79. The van der Waals surface area contributed by atoms with Gasteiger partial charge in [0, 0.05) is 23.7 Å². The number of hydrogen-bond donors (Lipinski definition) is 1. The molecule has 4 rings (SSSR count). The largest absolute Gasteiger partial charge is 0.492 e. The molecule has 0 aliphatic carbocycles. The molecule has 1 N–H and O–H groups in total. The number of amides is 1. The number of benzene rings is 2. The molecule has 1 amide bonds. The van der Waals surface area contributed by atoms with Gasteiger partial charge in [0.05, 0.1) is 36.6 Å². The van der Waals surface area contributed by atoms with E-state index in [2.05, 4.69) is 10.5 Å². The Balaban J connectivity index is 1.84. The number of morpholine rings is 1. The van der Waals surface area contributed by atoms with Gasteiger partial charge in [-0.2, -0.15) is 18.3 Å². The normalized spacial score (nSPS) is 14.8. The van der Waals surface area contributed by atoms with Crippen LogP contribution >= 0.6 is 23.2 Å². The van der Waals surface area contributed by atoms with E-state index in [4.69, 9.17) is 32.7 Å². The number of carbonyl (C=O) groups excluding carboxylic acids is 1. The highest BCUT2D eigenvalue weighted by atomic mass is 35.5. The summed E-state index contributed by atoms with van der Waals surface area (Å²) in [4.78, 5) is 13.1. The maximum atomic E-state index is 13.1. The molecule has 3 aromatic rings. The second kappa shape index (κ2) is 9.83. The van der Waals surface area contributed by atoms with Crippen molar-refractivity contribution in [3.63, 3.8) is 0 Å². The third-order valence-electron chi connectivity index (χ3n) is 5.16. The van der Waals surface area contributed by atoms with Crippen LogP contribution in [0.15, 0.2) is 42.5 Å². The summed E-state index contributed by atoms with van der Waals surface area (Å²) >= 11 is 12.4. The summed E-state index contributed by atoms with van der Waals surface area (Å²) in [7, 11) is 1.35. The lowest BCUT2D eigenvalue weighted by atomic mass is 10.1. The van der Waals surface area contributed by atoms with Crippen molar-refractivity contribution in [1.82, 2.24) is 20.2 Å². The van der Waals surface area contributed by atoms with Gasteiger partial charge < -0.3 is 9.47 Å². The number of hydrogen-bond acceptors (Lipinski definition) is 5. The predicted molar refractivity (Wildman–Crippen MR) is 120 cm³/mol. The molecule has 2 aromatic carbocycles. The van der Waals surface area contributed by atoms with Gasteiger partial charge in [-0.1, -0.05) is 35.3 Å². The maximum absolute atomic E-state index is 13.1.